The van der Waals surface area contributed by atoms with Crippen molar-refractivity contribution in [2.45, 2.75) is 11.4 Å². The summed E-state index contributed by atoms with van der Waals surface area (Å²) in [6.07, 6.45) is 3.17. The van der Waals surface area contributed by atoms with E-state index in [2.05, 4.69) is 19.4 Å². The second kappa shape index (κ2) is 11.2. The Hall–Kier alpha value is -3.90. The number of rotatable bonds is 8. The maximum Gasteiger partial charge on any atom is 0.278 e. The van der Waals surface area contributed by atoms with Gasteiger partial charge < -0.3 is 20.0 Å². The second-order valence-corrected chi connectivity index (χ2v) is 10.0. The quantitative estimate of drug-likeness (QED) is 0.165. The average Bonchev–Trinajstić information content (AvgIpc) is 3.21. The van der Waals surface area contributed by atoms with Crippen molar-refractivity contribution >= 4 is 64.0 Å². The summed E-state index contributed by atoms with van der Waals surface area (Å²) in [7, 11) is 0. The number of aromatic amines is 1. The molecule has 9 nitrogen and oxygen atoms in total. The number of hydrogen-bond donors (Lipinski definition) is 5. The van der Waals surface area contributed by atoms with Crippen LogP contribution in [0.4, 0.5) is 11.5 Å². The van der Waals surface area contributed by atoms with Crippen molar-refractivity contribution in [3.05, 3.63) is 106 Å². The van der Waals surface area contributed by atoms with Gasteiger partial charge in [-0.15, -0.1) is 0 Å². The summed E-state index contributed by atoms with van der Waals surface area (Å²) in [4.78, 5) is 34.4. The zero-order chi connectivity index (χ0) is 26.6. The third kappa shape index (κ3) is 5.36. The first-order chi connectivity index (χ1) is 18.4. The smallest absolute Gasteiger partial charge is 0.278 e. The van der Waals surface area contributed by atoms with Crippen LogP contribution in [-0.4, -0.2) is 20.4 Å². The van der Waals surface area contributed by atoms with E-state index in [-0.39, 0.29) is 11.5 Å². The number of nitrogens with zero attached hydrogens (tertiary/aromatic N) is 2. The number of aromatic nitrogens is 3. The van der Waals surface area contributed by atoms with Crippen LogP contribution >= 0.6 is 35.7 Å². The molecule has 0 saturated carbocycles. The molecule has 38 heavy (non-hydrogen) atoms. The first kappa shape index (κ1) is 25.7. The van der Waals surface area contributed by atoms with E-state index >= 15 is 0 Å². The van der Waals surface area contributed by atoms with Gasteiger partial charge in [0.05, 0.1) is 0 Å². The Bertz CT molecular complexity index is 1700. The van der Waals surface area contributed by atoms with Gasteiger partial charge in [0.2, 0.25) is 0 Å². The molecule has 0 saturated heterocycles. The van der Waals surface area contributed by atoms with Crippen molar-refractivity contribution in [2.24, 2.45) is 5.14 Å². The zero-order valence-corrected chi connectivity index (χ0v) is 22.2. The van der Waals surface area contributed by atoms with Crippen molar-refractivity contribution in [1.29, 1.82) is 0 Å². The number of carbonyl (C=O) groups is 1. The number of halogens is 1. The van der Waals surface area contributed by atoms with Crippen LogP contribution in [0.15, 0.2) is 88.8 Å². The fourth-order valence-electron chi connectivity index (χ4n) is 4.24. The summed E-state index contributed by atoms with van der Waals surface area (Å²) >= 11 is 8.52. The van der Waals surface area contributed by atoms with Crippen LogP contribution in [0.2, 0.25) is 5.02 Å². The Morgan fingerprint density at radius 3 is 2.76 bits per heavy atom. The Morgan fingerprint density at radius 1 is 1.11 bits per heavy atom. The third-order valence-electron chi connectivity index (χ3n) is 5.79. The molecule has 0 aliphatic heterocycles. The molecule has 0 bridgehead atoms. The van der Waals surface area contributed by atoms with Crippen LogP contribution in [0.25, 0.3) is 22.0 Å². The van der Waals surface area contributed by atoms with E-state index in [1.807, 2.05) is 41.0 Å². The Balaban J connectivity index is 1.66. The van der Waals surface area contributed by atoms with Gasteiger partial charge in [-0.05, 0) is 78.2 Å². The molecule has 3 aromatic heterocycles. The number of H-pyrrole nitrogens is 1. The first-order valence-corrected chi connectivity index (χ1v) is 13.4. The van der Waals surface area contributed by atoms with Gasteiger partial charge in [0.25, 0.3) is 11.5 Å². The fraction of sp³-hybridized carbons (Fsp3) is 0.0385. The normalized spacial score (nSPS) is 11.0. The van der Waals surface area contributed by atoms with Gasteiger partial charge >= 0.3 is 0 Å². The van der Waals surface area contributed by atoms with Gasteiger partial charge in [-0.3, -0.25) is 19.5 Å². The van der Waals surface area contributed by atoms with E-state index in [0.717, 1.165) is 45.7 Å². The zero-order valence-electron chi connectivity index (χ0n) is 19.8. The largest absolute Gasteiger partial charge is 0.384 e. The molecule has 0 unspecified atom stereocenters. The molecular formula is C26H22ClN7O2S2. The van der Waals surface area contributed by atoms with Crippen molar-refractivity contribution in [1.82, 2.24) is 19.3 Å². The van der Waals surface area contributed by atoms with E-state index in [0.29, 0.717) is 39.6 Å². The highest BCUT2D eigenvalue weighted by atomic mass is 35.5. The number of pyridine rings is 2. The molecule has 5 aromatic rings. The number of carbonyl (C=O) groups excluding carboxylic acids is 1. The van der Waals surface area contributed by atoms with E-state index in [9.17, 15) is 9.59 Å². The molecular weight excluding hydrogens is 542 g/mol. The van der Waals surface area contributed by atoms with E-state index in [1.54, 1.807) is 42.7 Å². The van der Waals surface area contributed by atoms with Gasteiger partial charge in [0.1, 0.15) is 11.5 Å². The number of amides is 1. The minimum Gasteiger partial charge on any atom is -0.384 e. The summed E-state index contributed by atoms with van der Waals surface area (Å²) in [5, 5.41) is 6.67. The molecule has 0 aliphatic rings. The molecule has 2 aromatic carbocycles. The Morgan fingerprint density at radius 2 is 1.97 bits per heavy atom. The average molecular weight is 564 g/mol. The lowest BCUT2D eigenvalue weighted by molar-refractivity contribution is 0.0977. The van der Waals surface area contributed by atoms with Gasteiger partial charge in [0.15, 0.2) is 0 Å². The van der Waals surface area contributed by atoms with E-state index in [1.165, 1.54) is 0 Å². The molecule has 0 fully saturated rings. The number of nitrogen functional groups attached to an aromatic ring is 1. The summed E-state index contributed by atoms with van der Waals surface area (Å²) in [5.74, 6) is -0.0124. The highest BCUT2D eigenvalue weighted by molar-refractivity contribution is 7.98. The van der Waals surface area contributed by atoms with Gasteiger partial charge in [0, 0.05) is 68.7 Å². The Labute approximate surface area is 231 Å². The number of nitrogens with two attached hydrogens (primary N) is 2. The summed E-state index contributed by atoms with van der Waals surface area (Å²) < 4.78 is 7.76. The number of nitrogens with one attached hydrogen (secondary N) is 3. The second-order valence-electron chi connectivity index (χ2n) is 8.25. The van der Waals surface area contributed by atoms with Crippen molar-refractivity contribution < 1.29 is 4.79 Å². The van der Waals surface area contributed by atoms with Gasteiger partial charge in [-0.2, -0.15) is 0 Å². The lowest BCUT2D eigenvalue weighted by atomic mass is 10.0. The van der Waals surface area contributed by atoms with Gasteiger partial charge in [-0.1, -0.05) is 17.7 Å². The number of hydrogen-bond acceptors (Lipinski definition) is 8. The molecule has 0 aliphatic carbocycles. The number of anilines is 2. The number of fused-ring (bicyclic) bond motifs is 1. The first-order valence-electron chi connectivity index (χ1n) is 11.3. The van der Waals surface area contributed by atoms with Crippen LogP contribution in [0.5, 0.6) is 0 Å². The minimum atomic E-state index is -0.380. The minimum absolute atomic E-state index is 0.314. The van der Waals surface area contributed by atoms with Crippen LogP contribution < -0.4 is 25.9 Å². The summed E-state index contributed by atoms with van der Waals surface area (Å²) in [6.45, 7) is 0.316. The molecule has 0 radical (unpaired) electrons. The highest BCUT2D eigenvalue weighted by Gasteiger charge is 2.26. The number of benzene rings is 2. The van der Waals surface area contributed by atoms with Crippen LogP contribution in [0.3, 0.4) is 0 Å². The monoisotopic (exact) mass is 563 g/mol. The maximum absolute atomic E-state index is 13.9. The molecule has 1 amide bonds. The molecule has 0 spiro atoms. The van der Waals surface area contributed by atoms with E-state index < -0.39 is 0 Å². The predicted molar refractivity (Wildman–Crippen MR) is 156 cm³/mol. The van der Waals surface area contributed by atoms with Gasteiger partial charge in [-0.25, -0.2) is 4.98 Å². The lowest BCUT2D eigenvalue weighted by Crippen LogP contribution is -2.22. The van der Waals surface area contributed by atoms with Crippen LogP contribution in [-0.2, 0) is 6.54 Å². The topological polar surface area (TPSA) is 144 Å². The third-order valence-corrected chi connectivity index (χ3v) is 7.15. The lowest BCUT2D eigenvalue weighted by Gasteiger charge is -2.13. The Kier molecular flexibility index (Phi) is 7.61. The fourth-order valence-corrected chi connectivity index (χ4v) is 5.31. The van der Waals surface area contributed by atoms with Crippen molar-refractivity contribution in [2.75, 3.05) is 10.5 Å². The molecule has 12 heteroatoms. The van der Waals surface area contributed by atoms with E-state index in [4.69, 9.17) is 22.5 Å². The van der Waals surface area contributed by atoms with Crippen LogP contribution in [0, 0.1) is 0 Å². The van der Waals surface area contributed by atoms with Crippen LogP contribution in [0.1, 0.15) is 16.1 Å². The van der Waals surface area contributed by atoms with Crippen molar-refractivity contribution in [3.8, 4) is 11.1 Å². The SMILES string of the molecule is NSNc1cccc(SNC(=O)c2c(-c3ccc[nH]c3=O)c3cc(Cl)ccc3n2Cc2ccnc(N)c2)c1. The molecule has 7 N–H and O–H groups in total. The predicted octanol–water partition coefficient (Wildman–Crippen LogP) is 5.05. The molecule has 3 heterocycles. The highest BCUT2D eigenvalue weighted by Crippen LogP contribution is 2.36. The standard InChI is InChI=1S/C26H22ClN7O2S2/c27-16-6-7-21-20(12-16)23(19-5-2-9-31-25(19)35)24(34(21)14-15-8-10-30-22(28)11-15)26(36)33-37-18-4-1-3-17(13-18)32-38-29/h1-13,32H,14,29H2,(H2,28,30)(H,31,35)(H,33,36). The maximum atomic E-state index is 13.9. The molecule has 0 atom stereocenters. The van der Waals surface area contributed by atoms with Crippen molar-refractivity contribution in [3.63, 3.8) is 0 Å². The summed E-state index contributed by atoms with van der Waals surface area (Å²) in [5.41, 5.74) is 9.14. The molecule has 5 rings (SSSR count). The molecule has 192 valence electrons. The summed E-state index contributed by atoms with van der Waals surface area (Å²) in [6, 6.07) is 19.8.